The Kier molecular flexibility index (Phi) is 5.35. The van der Waals surface area contributed by atoms with Gasteiger partial charge in [0.05, 0.1) is 5.69 Å². The van der Waals surface area contributed by atoms with Gasteiger partial charge in [-0.15, -0.1) is 0 Å². The second-order valence-electron chi connectivity index (χ2n) is 6.70. The van der Waals surface area contributed by atoms with Crippen LogP contribution in [0.3, 0.4) is 0 Å². The second-order valence-corrected chi connectivity index (χ2v) is 7.11. The van der Waals surface area contributed by atoms with Crippen LogP contribution in [0.1, 0.15) is 0 Å². The Morgan fingerprint density at radius 2 is 1.61 bits per heavy atom. The fourth-order valence-corrected chi connectivity index (χ4v) is 3.72. The van der Waals surface area contributed by atoms with Crippen LogP contribution in [0.15, 0.2) is 60.7 Å². The van der Waals surface area contributed by atoms with Crippen LogP contribution in [0.5, 0.6) is 5.75 Å². The summed E-state index contributed by atoms with van der Waals surface area (Å²) in [5.41, 5.74) is 0.582. The van der Waals surface area contributed by atoms with E-state index >= 15 is 0 Å². The SMILES string of the molecule is O=C(COc1ccc(Cl)c2ccccc12)N1CCN(c2ccccc2F)CC1. The highest BCUT2D eigenvalue weighted by Gasteiger charge is 2.23. The van der Waals surface area contributed by atoms with Crippen molar-refractivity contribution in [2.45, 2.75) is 0 Å². The van der Waals surface area contributed by atoms with Crippen molar-refractivity contribution >= 4 is 34.0 Å². The molecule has 28 heavy (non-hydrogen) atoms. The number of carbonyl (C=O) groups excluding carboxylic acids is 1. The van der Waals surface area contributed by atoms with E-state index in [1.807, 2.05) is 35.2 Å². The molecule has 3 aromatic rings. The van der Waals surface area contributed by atoms with Crippen molar-refractivity contribution in [1.29, 1.82) is 0 Å². The maximum Gasteiger partial charge on any atom is 0.260 e. The Labute approximate surface area is 168 Å². The van der Waals surface area contributed by atoms with E-state index in [0.29, 0.717) is 42.6 Å². The number of amides is 1. The molecule has 1 heterocycles. The maximum atomic E-state index is 13.9. The van der Waals surface area contributed by atoms with Crippen molar-refractivity contribution in [2.24, 2.45) is 0 Å². The second kappa shape index (κ2) is 8.07. The van der Waals surface area contributed by atoms with Crippen LogP contribution in [0, 0.1) is 5.82 Å². The first-order valence-electron chi connectivity index (χ1n) is 9.21. The molecule has 1 aliphatic heterocycles. The topological polar surface area (TPSA) is 32.8 Å². The number of nitrogens with zero attached hydrogens (tertiary/aromatic N) is 2. The molecule has 1 amide bonds. The summed E-state index contributed by atoms with van der Waals surface area (Å²) in [6, 6.07) is 18.0. The van der Waals surface area contributed by atoms with Gasteiger partial charge in [-0.3, -0.25) is 4.79 Å². The molecular weight excluding hydrogens is 379 g/mol. The molecule has 0 radical (unpaired) electrons. The Morgan fingerprint density at radius 3 is 2.36 bits per heavy atom. The van der Waals surface area contributed by atoms with Gasteiger partial charge in [-0.05, 0) is 24.3 Å². The van der Waals surface area contributed by atoms with Gasteiger partial charge in [0, 0.05) is 42.0 Å². The van der Waals surface area contributed by atoms with E-state index in [-0.39, 0.29) is 18.3 Å². The van der Waals surface area contributed by atoms with E-state index in [1.165, 1.54) is 6.07 Å². The summed E-state index contributed by atoms with van der Waals surface area (Å²) in [5, 5.41) is 2.43. The first kappa shape index (κ1) is 18.6. The van der Waals surface area contributed by atoms with Crippen molar-refractivity contribution in [3.63, 3.8) is 0 Å². The van der Waals surface area contributed by atoms with Gasteiger partial charge in [-0.2, -0.15) is 0 Å². The minimum Gasteiger partial charge on any atom is -0.483 e. The summed E-state index contributed by atoms with van der Waals surface area (Å²) in [4.78, 5) is 16.3. The molecule has 1 aliphatic rings. The molecule has 0 saturated carbocycles. The molecule has 6 heteroatoms. The normalized spacial score (nSPS) is 14.4. The van der Waals surface area contributed by atoms with E-state index < -0.39 is 0 Å². The molecule has 144 valence electrons. The van der Waals surface area contributed by atoms with Crippen LogP contribution >= 0.6 is 11.6 Å². The van der Waals surface area contributed by atoms with E-state index in [1.54, 1.807) is 29.2 Å². The molecule has 4 nitrogen and oxygen atoms in total. The zero-order chi connectivity index (χ0) is 19.5. The number of hydrogen-bond acceptors (Lipinski definition) is 3. The third-order valence-electron chi connectivity index (χ3n) is 5.01. The van der Waals surface area contributed by atoms with Crippen LogP contribution in [-0.2, 0) is 4.79 Å². The lowest BCUT2D eigenvalue weighted by atomic mass is 10.1. The van der Waals surface area contributed by atoms with Crippen LogP contribution in [0.2, 0.25) is 5.02 Å². The molecule has 0 spiro atoms. The van der Waals surface area contributed by atoms with E-state index in [2.05, 4.69) is 0 Å². The van der Waals surface area contributed by atoms with Crippen LogP contribution < -0.4 is 9.64 Å². The largest absolute Gasteiger partial charge is 0.483 e. The zero-order valence-corrected chi connectivity index (χ0v) is 16.0. The first-order chi connectivity index (χ1) is 13.6. The highest BCUT2D eigenvalue weighted by atomic mass is 35.5. The number of benzene rings is 3. The Balaban J connectivity index is 1.37. The van der Waals surface area contributed by atoms with Gasteiger partial charge in [-0.1, -0.05) is 48.0 Å². The summed E-state index contributed by atoms with van der Waals surface area (Å²) in [6.45, 7) is 2.23. The number of carbonyl (C=O) groups is 1. The minimum atomic E-state index is -0.236. The van der Waals surface area contributed by atoms with Gasteiger partial charge in [0.1, 0.15) is 11.6 Å². The molecule has 0 aromatic heterocycles. The Bertz CT molecular complexity index is 1000. The van der Waals surface area contributed by atoms with Crippen molar-refractivity contribution < 1.29 is 13.9 Å². The third kappa shape index (κ3) is 3.76. The smallest absolute Gasteiger partial charge is 0.260 e. The molecule has 0 aliphatic carbocycles. The highest BCUT2D eigenvalue weighted by molar-refractivity contribution is 6.35. The number of anilines is 1. The van der Waals surface area contributed by atoms with Gasteiger partial charge in [0.15, 0.2) is 6.61 Å². The van der Waals surface area contributed by atoms with Crippen LogP contribution in [0.4, 0.5) is 10.1 Å². The minimum absolute atomic E-state index is 0.0364. The molecule has 0 atom stereocenters. The van der Waals surface area contributed by atoms with Gasteiger partial charge in [0.2, 0.25) is 0 Å². The van der Waals surface area contributed by atoms with Gasteiger partial charge in [0.25, 0.3) is 5.91 Å². The molecule has 3 aromatic carbocycles. The molecule has 4 rings (SSSR count). The van der Waals surface area contributed by atoms with E-state index in [4.69, 9.17) is 16.3 Å². The Morgan fingerprint density at radius 1 is 0.929 bits per heavy atom. The Hall–Kier alpha value is -2.79. The summed E-state index contributed by atoms with van der Waals surface area (Å²) in [7, 11) is 0. The van der Waals surface area contributed by atoms with Crippen molar-refractivity contribution in [3.05, 3.63) is 71.5 Å². The maximum absolute atomic E-state index is 13.9. The lowest BCUT2D eigenvalue weighted by Gasteiger charge is -2.36. The number of rotatable bonds is 4. The summed E-state index contributed by atoms with van der Waals surface area (Å²) in [6.07, 6.45) is 0. The van der Waals surface area contributed by atoms with E-state index in [9.17, 15) is 9.18 Å². The molecular formula is C22H20ClFN2O2. The molecule has 0 N–H and O–H groups in total. The van der Waals surface area contributed by atoms with E-state index in [0.717, 1.165) is 10.8 Å². The average molecular weight is 399 g/mol. The van der Waals surface area contributed by atoms with Crippen molar-refractivity contribution in [3.8, 4) is 5.75 Å². The van der Waals surface area contributed by atoms with Crippen LogP contribution in [0.25, 0.3) is 10.8 Å². The van der Waals surface area contributed by atoms with Gasteiger partial charge >= 0.3 is 0 Å². The molecule has 1 fully saturated rings. The fourth-order valence-electron chi connectivity index (χ4n) is 3.50. The standard InChI is InChI=1S/C22H20ClFN2O2/c23-18-9-10-21(17-6-2-1-5-16(17)18)28-15-22(27)26-13-11-25(12-14-26)20-8-4-3-7-19(20)24/h1-10H,11-15H2. The monoisotopic (exact) mass is 398 g/mol. The number of ether oxygens (including phenoxy) is 1. The highest BCUT2D eigenvalue weighted by Crippen LogP contribution is 2.31. The molecule has 0 unspecified atom stereocenters. The third-order valence-corrected chi connectivity index (χ3v) is 5.34. The number of halogens is 2. The molecule has 1 saturated heterocycles. The lowest BCUT2D eigenvalue weighted by molar-refractivity contribution is -0.133. The van der Waals surface area contributed by atoms with Gasteiger partial charge < -0.3 is 14.5 Å². The predicted molar refractivity (Wildman–Crippen MR) is 110 cm³/mol. The summed E-state index contributed by atoms with van der Waals surface area (Å²) < 4.78 is 19.7. The summed E-state index contributed by atoms with van der Waals surface area (Å²) in [5.74, 6) is 0.325. The zero-order valence-electron chi connectivity index (χ0n) is 15.3. The van der Waals surface area contributed by atoms with Crippen LogP contribution in [-0.4, -0.2) is 43.6 Å². The fraction of sp³-hybridized carbons (Fsp3) is 0.227. The number of fused-ring (bicyclic) bond motifs is 1. The van der Waals surface area contributed by atoms with Crippen molar-refractivity contribution in [1.82, 2.24) is 4.90 Å². The lowest BCUT2D eigenvalue weighted by Crippen LogP contribution is -2.50. The number of hydrogen-bond donors (Lipinski definition) is 0. The van der Waals surface area contributed by atoms with Gasteiger partial charge in [-0.25, -0.2) is 4.39 Å². The predicted octanol–water partition coefficient (Wildman–Crippen LogP) is 4.36. The molecule has 0 bridgehead atoms. The van der Waals surface area contributed by atoms with Crippen molar-refractivity contribution in [2.75, 3.05) is 37.7 Å². The number of piperazine rings is 1. The first-order valence-corrected chi connectivity index (χ1v) is 9.58. The number of para-hydroxylation sites is 1. The average Bonchev–Trinajstić information content (AvgIpc) is 2.74. The summed E-state index contributed by atoms with van der Waals surface area (Å²) >= 11 is 6.23. The quantitative estimate of drug-likeness (QED) is 0.654.